The maximum atomic E-state index is 12.8. The molecule has 1 amide bonds. The Hall–Kier alpha value is -2.67. The number of anilines is 1. The molecule has 1 atom stereocenters. The van der Waals surface area contributed by atoms with Crippen LogP contribution >= 0.6 is 11.6 Å². The molecule has 1 aliphatic rings. The van der Waals surface area contributed by atoms with Crippen LogP contribution in [0.3, 0.4) is 0 Å². The van der Waals surface area contributed by atoms with Crippen molar-refractivity contribution < 1.29 is 9.32 Å². The minimum absolute atomic E-state index is 0.0379. The monoisotopic (exact) mass is 399 g/mol. The maximum Gasteiger partial charge on any atom is 0.263 e. The number of halogens is 1. The molecular formula is C20H22ClN5O2. The average molecular weight is 400 g/mol. The van der Waals surface area contributed by atoms with Gasteiger partial charge in [0.05, 0.1) is 11.6 Å². The third kappa shape index (κ3) is 3.67. The lowest BCUT2D eigenvalue weighted by Crippen LogP contribution is -2.43. The number of fused-ring (bicyclic) bond motifs is 1. The fourth-order valence-electron chi connectivity index (χ4n) is 3.66. The second-order valence-electron chi connectivity index (χ2n) is 6.95. The van der Waals surface area contributed by atoms with Crippen LogP contribution in [0.15, 0.2) is 35.1 Å². The van der Waals surface area contributed by atoms with Gasteiger partial charge in [0.2, 0.25) is 5.91 Å². The Morgan fingerprint density at radius 3 is 3.04 bits per heavy atom. The number of carbonyl (C=O) groups excluding carboxylic acids is 1. The van der Waals surface area contributed by atoms with Crippen molar-refractivity contribution in [1.82, 2.24) is 20.4 Å². The summed E-state index contributed by atoms with van der Waals surface area (Å²) in [5.41, 5.74) is 2.25. The first-order valence-corrected chi connectivity index (χ1v) is 9.90. The Kier molecular flexibility index (Phi) is 5.43. The molecule has 2 aromatic heterocycles. The Morgan fingerprint density at radius 2 is 2.21 bits per heavy atom. The van der Waals surface area contributed by atoms with Gasteiger partial charge in [-0.05, 0) is 30.9 Å². The highest BCUT2D eigenvalue weighted by Crippen LogP contribution is 2.30. The van der Waals surface area contributed by atoms with Crippen molar-refractivity contribution >= 4 is 34.4 Å². The van der Waals surface area contributed by atoms with Gasteiger partial charge in [0.15, 0.2) is 0 Å². The van der Waals surface area contributed by atoms with Gasteiger partial charge in [-0.2, -0.15) is 4.98 Å². The molecule has 1 aromatic carbocycles. The standard InChI is InChI=1S/C20H22ClN5O2/c1-2-16-17-18(23-12-24-20(17)28-25-16)26-9-5-7-14(11-26)19(27)22-10-13-6-3-4-8-15(13)21/h3-4,6,8,12,14H,2,5,7,9-11H2,1H3,(H,22,27). The van der Waals surface area contributed by atoms with Gasteiger partial charge in [0.1, 0.15) is 17.5 Å². The molecule has 4 rings (SSSR count). The van der Waals surface area contributed by atoms with Gasteiger partial charge in [0.25, 0.3) is 5.71 Å². The lowest BCUT2D eigenvalue weighted by molar-refractivity contribution is -0.125. The zero-order chi connectivity index (χ0) is 19.5. The summed E-state index contributed by atoms with van der Waals surface area (Å²) < 4.78 is 5.32. The van der Waals surface area contributed by atoms with Crippen LogP contribution in [-0.2, 0) is 17.8 Å². The molecule has 3 heterocycles. The van der Waals surface area contributed by atoms with Crippen LogP contribution in [0.5, 0.6) is 0 Å². The second kappa shape index (κ2) is 8.14. The van der Waals surface area contributed by atoms with Crippen molar-refractivity contribution in [3.05, 3.63) is 46.9 Å². The molecule has 28 heavy (non-hydrogen) atoms. The van der Waals surface area contributed by atoms with Crippen LogP contribution in [0.4, 0.5) is 5.82 Å². The summed E-state index contributed by atoms with van der Waals surface area (Å²) in [5, 5.41) is 8.63. The summed E-state index contributed by atoms with van der Waals surface area (Å²) in [6.07, 6.45) is 4.00. The van der Waals surface area contributed by atoms with Crippen LogP contribution in [0.2, 0.25) is 5.02 Å². The zero-order valence-electron chi connectivity index (χ0n) is 15.7. The Balaban J connectivity index is 1.48. The van der Waals surface area contributed by atoms with E-state index in [4.69, 9.17) is 16.1 Å². The Morgan fingerprint density at radius 1 is 1.36 bits per heavy atom. The van der Waals surface area contributed by atoms with Gasteiger partial charge < -0.3 is 14.7 Å². The summed E-state index contributed by atoms with van der Waals surface area (Å²) in [6, 6.07) is 7.55. The van der Waals surface area contributed by atoms with E-state index in [-0.39, 0.29) is 11.8 Å². The lowest BCUT2D eigenvalue weighted by Gasteiger charge is -2.33. The van der Waals surface area contributed by atoms with E-state index >= 15 is 0 Å². The minimum Gasteiger partial charge on any atom is -0.355 e. The first-order chi connectivity index (χ1) is 13.7. The number of nitrogens with one attached hydrogen (secondary N) is 1. The molecule has 1 fully saturated rings. The molecule has 1 aliphatic heterocycles. The molecule has 3 aromatic rings. The van der Waals surface area contributed by atoms with E-state index in [2.05, 4.69) is 25.3 Å². The number of rotatable bonds is 5. The lowest BCUT2D eigenvalue weighted by atomic mass is 9.96. The first-order valence-electron chi connectivity index (χ1n) is 9.52. The highest BCUT2D eigenvalue weighted by Gasteiger charge is 2.28. The number of hydrogen-bond donors (Lipinski definition) is 1. The molecule has 1 N–H and O–H groups in total. The third-order valence-electron chi connectivity index (χ3n) is 5.16. The number of aryl methyl sites for hydroxylation is 1. The molecule has 8 heteroatoms. The molecule has 0 bridgehead atoms. The van der Waals surface area contributed by atoms with Gasteiger partial charge in [-0.3, -0.25) is 4.79 Å². The molecule has 146 valence electrons. The van der Waals surface area contributed by atoms with E-state index in [0.29, 0.717) is 23.8 Å². The number of hydrogen-bond acceptors (Lipinski definition) is 6. The van der Waals surface area contributed by atoms with Crippen LogP contribution in [0.25, 0.3) is 11.1 Å². The van der Waals surface area contributed by atoms with E-state index in [1.54, 1.807) is 0 Å². The van der Waals surface area contributed by atoms with Crippen molar-refractivity contribution in [2.45, 2.75) is 32.7 Å². The summed E-state index contributed by atoms with van der Waals surface area (Å²) in [4.78, 5) is 23.5. The van der Waals surface area contributed by atoms with E-state index in [1.165, 1.54) is 6.33 Å². The number of piperidine rings is 1. The van der Waals surface area contributed by atoms with E-state index in [9.17, 15) is 4.79 Å². The Bertz CT molecular complexity index is 990. The van der Waals surface area contributed by atoms with Gasteiger partial charge in [-0.1, -0.05) is 41.9 Å². The zero-order valence-corrected chi connectivity index (χ0v) is 16.4. The number of nitrogens with zero attached hydrogens (tertiary/aromatic N) is 4. The summed E-state index contributed by atoms with van der Waals surface area (Å²) in [6.45, 7) is 3.90. The molecule has 1 saturated heterocycles. The smallest absolute Gasteiger partial charge is 0.263 e. The molecule has 1 unspecified atom stereocenters. The summed E-state index contributed by atoms with van der Waals surface area (Å²) >= 11 is 6.18. The number of benzene rings is 1. The van der Waals surface area contributed by atoms with E-state index in [1.807, 2.05) is 31.2 Å². The van der Waals surface area contributed by atoms with Crippen LogP contribution in [0, 0.1) is 5.92 Å². The van der Waals surface area contributed by atoms with Gasteiger partial charge >= 0.3 is 0 Å². The second-order valence-corrected chi connectivity index (χ2v) is 7.36. The molecule has 7 nitrogen and oxygen atoms in total. The number of aromatic nitrogens is 3. The maximum absolute atomic E-state index is 12.8. The van der Waals surface area contributed by atoms with Gasteiger partial charge in [0, 0.05) is 24.7 Å². The van der Waals surface area contributed by atoms with Crippen molar-refractivity contribution in [2.24, 2.45) is 5.92 Å². The van der Waals surface area contributed by atoms with Crippen molar-refractivity contribution in [3.8, 4) is 0 Å². The summed E-state index contributed by atoms with van der Waals surface area (Å²) in [5.74, 6) is 0.730. The average Bonchev–Trinajstić information content (AvgIpc) is 3.16. The largest absolute Gasteiger partial charge is 0.355 e. The quantitative estimate of drug-likeness (QED) is 0.708. The van der Waals surface area contributed by atoms with Crippen molar-refractivity contribution in [3.63, 3.8) is 0 Å². The molecule has 0 radical (unpaired) electrons. The van der Waals surface area contributed by atoms with E-state index in [0.717, 1.165) is 48.3 Å². The highest BCUT2D eigenvalue weighted by molar-refractivity contribution is 6.31. The first kappa shape index (κ1) is 18.7. The molecule has 0 aliphatic carbocycles. The van der Waals surface area contributed by atoms with Crippen LogP contribution < -0.4 is 10.2 Å². The third-order valence-corrected chi connectivity index (χ3v) is 5.53. The SMILES string of the molecule is CCc1noc2ncnc(N3CCCC(C(=O)NCc4ccccc4Cl)C3)c12. The van der Waals surface area contributed by atoms with Crippen molar-refractivity contribution in [2.75, 3.05) is 18.0 Å². The number of amides is 1. The Labute approximate surface area is 168 Å². The van der Waals surface area contributed by atoms with Crippen molar-refractivity contribution in [1.29, 1.82) is 0 Å². The van der Waals surface area contributed by atoms with E-state index < -0.39 is 0 Å². The van der Waals surface area contributed by atoms with Crippen LogP contribution in [0.1, 0.15) is 31.0 Å². The summed E-state index contributed by atoms with van der Waals surface area (Å²) in [7, 11) is 0. The number of carbonyl (C=O) groups is 1. The molecule has 0 saturated carbocycles. The molecular weight excluding hydrogens is 378 g/mol. The molecule has 0 spiro atoms. The van der Waals surface area contributed by atoms with Gasteiger partial charge in [-0.15, -0.1) is 0 Å². The fraction of sp³-hybridized carbons (Fsp3) is 0.400. The van der Waals surface area contributed by atoms with Crippen LogP contribution in [-0.4, -0.2) is 34.1 Å². The van der Waals surface area contributed by atoms with Gasteiger partial charge in [-0.25, -0.2) is 4.98 Å². The predicted molar refractivity (Wildman–Crippen MR) is 107 cm³/mol. The minimum atomic E-state index is -0.105. The highest BCUT2D eigenvalue weighted by atomic mass is 35.5. The topological polar surface area (TPSA) is 84.2 Å². The normalized spacial score (nSPS) is 17.1. The fourth-order valence-corrected chi connectivity index (χ4v) is 3.86. The predicted octanol–water partition coefficient (Wildman–Crippen LogP) is 3.37.